The summed E-state index contributed by atoms with van der Waals surface area (Å²) < 4.78 is 20.6. The van der Waals surface area contributed by atoms with Crippen molar-refractivity contribution in [2.24, 2.45) is 0 Å². The number of benzene rings is 3. The van der Waals surface area contributed by atoms with Gasteiger partial charge in [0.1, 0.15) is 18.2 Å². The first-order chi connectivity index (χ1) is 19.2. The quantitative estimate of drug-likeness (QED) is 0.242. The fraction of sp³-hybridized carbons (Fsp3) is 0.0312. The molecule has 0 amide bonds. The van der Waals surface area contributed by atoms with Crippen molar-refractivity contribution in [2.45, 2.75) is 6.61 Å². The zero-order valence-electron chi connectivity index (χ0n) is 20.7. The van der Waals surface area contributed by atoms with Crippen LogP contribution in [0.3, 0.4) is 0 Å². The number of hydrogen-bond donors (Lipinski definition) is 2. The first kappa shape index (κ1) is 22.9. The summed E-state index contributed by atoms with van der Waals surface area (Å²) in [6.45, 7) is 0.463. The van der Waals surface area contributed by atoms with Gasteiger partial charge in [0, 0.05) is 45.4 Å². The summed E-state index contributed by atoms with van der Waals surface area (Å²) in [5.41, 5.74) is 7.42. The molecule has 2 N–H and O–H groups in total. The Kier molecular flexibility index (Phi) is 5.59. The smallest absolute Gasteiger partial charge is 0.181 e. The topological polar surface area (TPSA) is 79.5 Å². The lowest BCUT2D eigenvalue weighted by Crippen LogP contribution is -1.96. The summed E-state index contributed by atoms with van der Waals surface area (Å²) in [4.78, 5) is 12.4. The molecule has 0 aliphatic rings. The molecule has 3 aromatic carbocycles. The van der Waals surface area contributed by atoms with E-state index in [2.05, 4.69) is 25.1 Å². The number of aromatic nitrogens is 5. The minimum absolute atomic E-state index is 0.253. The molecule has 0 fully saturated rings. The standard InChI is InChI=1S/C32H22FN5O/c33-28-11-5-4-9-25(28)24-10-6-12-29-26(24)15-30(36-29)31-27-14-22(17-35-32(27)38-37-31)21-13-23(18-34-16-21)39-19-20-7-2-1-3-8-20/h1-18,36H,19H2,(H,35,37,38). The zero-order valence-corrected chi connectivity index (χ0v) is 20.7. The normalized spacial score (nSPS) is 11.3. The van der Waals surface area contributed by atoms with E-state index in [0.717, 1.165) is 49.9 Å². The van der Waals surface area contributed by atoms with Gasteiger partial charge in [-0.2, -0.15) is 5.10 Å². The predicted molar refractivity (Wildman–Crippen MR) is 151 cm³/mol. The Bertz CT molecular complexity index is 1940. The number of aromatic amines is 2. The first-order valence-electron chi connectivity index (χ1n) is 12.6. The molecule has 0 radical (unpaired) electrons. The molecule has 7 rings (SSSR count). The Morgan fingerprint density at radius 2 is 1.56 bits per heavy atom. The number of pyridine rings is 2. The minimum atomic E-state index is -0.253. The van der Waals surface area contributed by atoms with Crippen LogP contribution in [0.5, 0.6) is 5.75 Å². The molecule has 4 heterocycles. The second-order valence-corrected chi connectivity index (χ2v) is 9.31. The van der Waals surface area contributed by atoms with Gasteiger partial charge < -0.3 is 9.72 Å². The Morgan fingerprint density at radius 3 is 2.46 bits per heavy atom. The molecule has 7 aromatic rings. The van der Waals surface area contributed by atoms with Crippen LogP contribution in [0.25, 0.3) is 55.6 Å². The lowest BCUT2D eigenvalue weighted by molar-refractivity contribution is 0.305. The lowest BCUT2D eigenvalue weighted by atomic mass is 10.0. The molecule has 4 aromatic heterocycles. The Labute approximate surface area is 223 Å². The number of ether oxygens (including phenoxy) is 1. The summed E-state index contributed by atoms with van der Waals surface area (Å²) in [6, 6.07) is 28.7. The van der Waals surface area contributed by atoms with Gasteiger partial charge in [-0.15, -0.1) is 0 Å². The maximum absolute atomic E-state index is 14.6. The highest BCUT2D eigenvalue weighted by Gasteiger charge is 2.16. The van der Waals surface area contributed by atoms with Crippen molar-refractivity contribution in [2.75, 3.05) is 0 Å². The van der Waals surface area contributed by atoms with Crippen LogP contribution in [-0.2, 0) is 6.61 Å². The Hall–Kier alpha value is -5.30. The van der Waals surface area contributed by atoms with Crippen LogP contribution >= 0.6 is 0 Å². The zero-order chi connectivity index (χ0) is 26.2. The molecule has 7 heteroatoms. The SMILES string of the molecule is Fc1ccccc1-c1cccc2[nH]c(-c3[nH]nc4ncc(-c5cncc(OCc6ccccc6)c5)cc34)cc12. The van der Waals surface area contributed by atoms with Gasteiger partial charge in [-0.25, -0.2) is 9.37 Å². The number of nitrogens with zero attached hydrogens (tertiary/aromatic N) is 3. The highest BCUT2D eigenvalue weighted by atomic mass is 19.1. The number of nitrogens with one attached hydrogen (secondary N) is 2. The number of halogens is 1. The van der Waals surface area contributed by atoms with Crippen molar-refractivity contribution < 1.29 is 9.13 Å². The van der Waals surface area contributed by atoms with E-state index in [4.69, 9.17) is 4.74 Å². The molecule has 0 saturated carbocycles. The van der Waals surface area contributed by atoms with Crippen LogP contribution in [0.1, 0.15) is 5.56 Å². The van der Waals surface area contributed by atoms with E-state index in [1.54, 1.807) is 30.7 Å². The third kappa shape index (κ3) is 4.30. The molecular weight excluding hydrogens is 489 g/mol. The number of hydrogen-bond acceptors (Lipinski definition) is 4. The van der Waals surface area contributed by atoms with E-state index >= 15 is 0 Å². The molecule has 0 aliphatic heterocycles. The van der Waals surface area contributed by atoms with E-state index < -0.39 is 0 Å². The molecule has 6 nitrogen and oxygen atoms in total. The third-order valence-corrected chi connectivity index (χ3v) is 6.80. The summed E-state index contributed by atoms with van der Waals surface area (Å²) in [6.07, 6.45) is 5.29. The van der Waals surface area contributed by atoms with Crippen molar-refractivity contribution in [1.82, 2.24) is 25.1 Å². The van der Waals surface area contributed by atoms with Gasteiger partial charge in [0.15, 0.2) is 5.65 Å². The van der Waals surface area contributed by atoms with Gasteiger partial charge in [0.05, 0.1) is 17.6 Å². The van der Waals surface area contributed by atoms with Crippen LogP contribution in [0.2, 0.25) is 0 Å². The van der Waals surface area contributed by atoms with Gasteiger partial charge in [-0.1, -0.05) is 60.7 Å². The van der Waals surface area contributed by atoms with E-state index in [-0.39, 0.29) is 5.82 Å². The maximum atomic E-state index is 14.6. The van der Waals surface area contributed by atoms with Crippen LogP contribution in [0, 0.1) is 5.82 Å². The van der Waals surface area contributed by atoms with Crippen LogP contribution < -0.4 is 4.74 Å². The molecule has 0 spiro atoms. The van der Waals surface area contributed by atoms with E-state index in [0.29, 0.717) is 23.6 Å². The largest absolute Gasteiger partial charge is 0.487 e. The van der Waals surface area contributed by atoms with Crippen molar-refractivity contribution in [1.29, 1.82) is 0 Å². The molecule has 0 saturated heterocycles. The second-order valence-electron chi connectivity index (χ2n) is 9.31. The molecule has 39 heavy (non-hydrogen) atoms. The average Bonchev–Trinajstić information content (AvgIpc) is 3.61. The molecule has 188 valence electrons. The second kappa shape index (κ2) is 9.54. The van der Waals surface area contributed by atoms with Crippen LogP contribution in [-0.4, -0.2) is 25.1 Å². The van der Waals surface area contributed by atoms with Gasteiger partial charge in [0.25, 0.3) is 0 Å². The van der Waals surface area contributed by atoms with Crippen molar-refractivity contribution in [3.8, 4) is 39.4 Å². The van der Waals surface area contributed by atoms with E-state index in [9.17, 15) is 4.39 Å². The van der Waals surface area contributed by atoms with Crippen molar-refractivity contribution >= 4 is 21.9 Å². The maximum Gasteiger partial charge on any atom is 0.181 e. The van der Waals surface area contributed by atoms with Gasteiger partial charge in [-0.3, -0.25) is 10.1 Å². The van der Waals surface area contributed by atoms with Gasteiger partial charge in [-0.05, 0) is 41.5 Å². The summed E-state index contributed by atoms with van der Waals surface area (Å²) in [5, 5.41) is 9.34. The molecular formula is C32H22FN5O. The summed E-state index contributed by atoms with van der Waals surface area (Å²) >= 11 is 0. The molecule has 0 aliphatic carbocycles. The first-order valence-corrected chi connectivity index (χ1v) is 12.6. The highest BCUT2D eigenvalue weighted by Crippen LogP contribution is 2.35. The summed E-state index contributed by atoms with van der Waals surface area (Å²) in [7, 11) is 0. The van der Waals surface area contributed by atoms with E-state index in [1.807, 2.05) is 72.8 Å². The fourth-order valence-electron chi connectivity index (χ4n) is 4.86. The van der Waals surface area contributed by atoms with Crippen molar-refractivity contribution in [3.63, 3.8) is 0 Å². The van der Waals surface area contributed by atoms with Crippen LogP contribution in [0.15, 0.2) is 110 Å². The van der Waals surface area contributed by atoms with Gasteiger partial charge in [0.2, 0.25) is 0 Å². The minimum Gasteiger partial charge on any atom is -0.487 e. The number of rotatable bonds is 6. The van der Waals surface area contributed by atoms with Gasteiger partial charge >= 0.3 is 0 Å². The monoisotopic (exact) mass is 511 g/mol. The molecule has 0 bridgehead atoms. The number of H-pyrrole nitrogens is 2. The fourth-order valence-corrected chi connectivity index (χ4v) is 4.86. The number of fused-ring (bicyclic) bond motifs is 2. The molecule has 0 atom stereocenters. The van der Waals surface area contributed by atoms with E-state index in [1.165, 1.54) is 6.07 Å². The Morgan fingerprint density at radius 1 is 0.744 bits per heavy atom. The molecule has 0 unspecified atom stereocenters. The highest BCUT2D eigenvalue weighted by molar-refractivity contribution is 6.01. The van der Waals surface area contributed by atoms with Crippen molar-refractivity contribution in [3.05, 3.63) is 121 Å². The predicted octanol–water partition coefficient (Wildman–Crippen LogP) is 7.55. The lowest BCUT2D eigenvalue weighted by Gasteiger charge is -2.08. The Balaban J connectivity index is 1.25. The third-order valence-electron chi connectivity index (χ3n) is 6.80. The van der Waals surface area contributed by atoms with Crippen LogP contribution in [0.4, 0.5) is 4.39 Å². The average molecular weight is 512 g/mol. The summed E-state index contributed by atoms with van der Waals surface area (Å²) in [5.74, 6) is 0.428.